The van der Waals surface area contributed by atoms with E-state index in [0.29, 0.717) is 6.42 Å². The first-order valence-electron chi connectivity index (χ1n) is 5.98. The third-order valence-electron chi connectivity index (χ3n) is 3.14. The highest BCUT2D eigenvalue weighted by Crippen LogP contribution is 2.20. The van der Waals surface area contributed by atoms with E-state index in [2.05, 4.69) is 11.4 Å². The molecule has 2 rings (SSSR count). The van der Waals surface area contributed by atoms with Crippen LogP contribution in [0.25, 0.3) is 0 Å². The second-order valence-electron chi connectivity index (χ2n) is 4.33. The van der Waals surface area contributed by atoms with Crippen LogP contribution in [0.5, 0.6) is 0 Å². The van der Waals surface area contributed by atoms with E-state index in [-0.39, 0.29) is 11.9 Å². The van der Waals surface area contributed by atoms with E-state index in [0.717, 1.165) is 12.2 Å². The minimum Gasteiger partial charge on any atom is -0.467 e. The van der Waals surface area contributed by atoms with Gasteiger partial charge in [-0.1, -0.05) is 0 Å². The molecule has 0 spiro atoms. The smallest absolute Gasteiger partial charge is 0.223 e. The first-order chi connectivity index (χ1) is 8.68. The Labute approximate surface area is 111 Å². The van der Waals surface area contributed by atoms with Gasteiger partial charge < -0.3 is 9.32 Å². The molecule has 2 aromatic heterocycles. The van der Waals surface area contributed by atoms with Crippen molar-refractivity contribution in [2.45, 2.75) is 25.8 Å². The number of amides is 1. The highest BCUT2D eigenvalue weighted by atomic mass is 32.1. The topological polar surface area (TPSA) is 33.5 Å². The second-order valence-corrected chi connectivity index (χ2v) is 5.11. The Morgan fingerprint density at radius 1 is 1.50 bits per heavy atom. The number of aryl methyl sites for hydroxylation is 1. The zero-order valence-corrected chi connectivity index (χ0v) is 11.4. The summed E-state index contributed by atoms with van der Waals surface area (Å²) in [5.74, 6) is 0.964. The van der Waals surface area contributed by atoms with Crippen LogP contribution in [0.4, 0.5) is 0 Å². The Bertz CT molecular complexity index is 476. The molecule has 1 atom stereocenters. The number of nitrogens with zero attached hydrogens (tertiary/aromatic N) is 1. The monoisotopic (exact) mass is 263 g/mol. The van der Waals surface area contributed by atoms with Crippen LogP contribution < -0.4 is 0 Å². The van der Waals surface area contributed by atoms with E-state index in [1.165, 1.54) is 5.56 Å². The first kappa shape index (κ1) is 12.9. The molecule has 0 aliphatic heterocycles. The maximum Gasteiger partial charge on any atom is 0.223 e. The standard InChI is InChI=1S/C14H17NO2S/c1-11(13-4-3-8-17-13)15(2)14(16)6-5-12-7-9-18-10-12/h3-4,7-11H,5-6H2,1-2H3. The van der Waals surface area contributed by atoms with E-state index < -0.39 is 0 Å². The average molecular weight is 263 g/mol. The zero-order valence-electron chi connectivity index (χ0n) is 10.6. The summed E-state index contributed by atoms with van der Waals surface area (Å²) in [7, 11) is 1.82. The predicted molar refractivity (Wildman–Crippen MR) is 72.5 cm³/mol. The minimum atomic E-state index is -0.0185. The molecule has 96 valence electrons. The van der Waals surface area contributed by atoms with Crippen molar-refractivity contribution in [3.05, 3.63) is 46.5 Å². The molecule has 0 saturated heterocycles. The number of carbonyl (C=O) groups is 1. The highest BCUT2D eigenvalue weighted by Gasteiger charge is 2.18. The van der Waals surface area contributed by atoms with Crippen LogP contribution in [0, 0.1) is 0 Å². The van der Waals surface area contributed by atoms with Gasteiger partial charge in [-0.25, -0.2) is 0 Å². The molecule has 0 aliphatic carbocycles. The zero-order chi connectivity index (χ0) is 13.0. The Kier molecular flexibility index (Phi) is 4.20. The van der Waals surface area contributed by atoms with Crippen LogP contribution in [0.1, 0.15) is 30.7 Å². The number of thiophene rings is 1. The lowest BCUT2D eigenvalue weighted by atomic mass is 10.1. The highest BCUT2D eigenvalue weighted by molar-refractivity contribution is 7.07. The lowest BCUT2D eigenvalue weighted by molar-refractivity contribution is -0.132. The molecular formula is C14H17NO2S. The Morgan fingerprint density at radius 2 is 2.33 bits per heavy atom. The lowest BCUT2D eigenvalue weighted by Gasteiger charge is -2.23. The van der Waals surface area contributed by atoms with Crippen LogP contribution >= 0.6 is 11.3 Å². The molecule has 0 aliphatic rings. The maximum absolute atomic E-state index is 12.1. The molecule has 0 saturated carbocycles. The molecule has 0 aromatic carbocycles. The van der Waals surface area contributed by atoms with Gasteiger partial charge in [-0.05, 0) is 47.9 Å². The van der Waals surface area contributed by atoms with Crippen LogP contribution in [-0.2, 0) is 11.2 Å². The van der Waals surface area contributed by atoms with Gasteiger partial charge in [0.25, 0.3) is 0 Å². The minimum absolute atomic E-state index is 0.0185. The number of carbonyl (C=O) groups excluding carboxylic acids is 1. The van der Waals surface area contributed by atoms with Crippen LogP contribution in [0.15, 0.2) is 39.6 Å². The third kappa shape index (κ3) is 3.01. The van der Waals surface area contributed by atoms with Gasteiger partial charge in [-0.2, -0.15) is 11.3 Å². The van der Waals surface area contributed by atoms with Gasteiger partial charge in [-0.15, -0.1) is 0 Å². The molecule has 2 aromatic rings. The van der Waals surface area contributed by atoms with Crippen molar-refractivity contribution in [2.75, 3.05) is 7.05 Å². The Balaban J connectivity index is 1.88. The first-order valence-corrected chi connectivity index (χ1v) is 6.93. The fraction of sp³-hybridized carbons (Fsp3) is 0.357. The molecule has 0 N–H and O–H groups in total. The van der Waals surface area contributed by atoms with Crippen molar-refractivity contribution in [1.82, 2.24) is 4.90 Å². The van der Waals surface area contributed by atoms with Crippen molar-refractivity contribution in [3.63, 3.8) is 0 Å². The Hall–Kier alpha value is -1.55. The van der Waals surface area contributed by atoms with Gasteiger partial charge in [-0.3, -0.25) is 4.79 Å². The maximum atomic E-state index is 12.1. The number of rotatable bonds is 5. The van der Waals surface area contributed by atoms with Crippen molar-refractivity contribution >= 4 is 17.2 Å². The summed E-state index contributed by atoms with van der Waals surface area (Å²) < 4.78 is 5.32. The van der Waals surface area contributed by atoms with E-state index in [1.54, 1.807) is 22.5 Å². The molecule has 0 radical (unpaired) electrons. The molecule has 2 heterocycles. The molecular weight excluding hydrogens is 246 g/mol. The summed E-state index contributed by atoms with van der Waals surface area (Å²) in [5, 5.41) is 4.12. The predicted octanol–water partition coefficient (Wildman–Crippen LogP) is 3.49. The fourth-order valence-corrected chi connectivity index (χ4v) is 2.50. The summed E-state index contributed by atoms with van der Waals surface area (Å²) in [6.45, 7) is 1.97. The Morgan fingerprint density at radius 3 is 2.94 bits per heavy atom. The summed E-state index contributed by atoms with van der Waals surface area (Å²) in [4.78, 5) is 13.8. The summed E-state index contributed by atoms with van der Waals surface area (Å²) >= 11 is 1.66. The van der Waals surface area contributed by atoms with Crippen LogP contribution in [-0.4, -0.2) is 17.9 Å². The largest absolute Gasteiger partial charge is 0.467 e. The van der Waals surface area contributed by atoms with Gasteiger partial charge in [0.15, 0.2) is 0 Å². The number of hydrogen-bond donors (Lipinski definition) is 0. The summed E-state index contributed by atoms with van der Waals surface area (Å²) in [6, 6.07) is 5.78. The van der Waals surface area contributed by atoms with Gasteiger partial charge in [0.05, 0.1) is 12.3 Å². The lowest BCUT2D eigenvalue weighted by Crippen LogP contribution is -2.29. The number of hydrogen-bond acceptors (Lipinski definition) is 3. The van der Waals surface area contributed by atoms with Gasteiger partial charge in [0, 0.05) is 13.5 Å². The van der Waals surface area contributed by atoms with Crippen molar-refractivity contribution in [1.29, 1.82) is 0 Å². The second kappa shape index (κ2) is 5.87. The van der Waals surface area contributed by atoms with Crippen molar-refractivity contribution < 1.29 is 9.21 Å². The van der Waals surface area contributed by atoms with E-state index >= 15 is 0 Å². The quantitative estimate of drug-likeness (QED) is 0.827. The molecule has 3 nitrogen and oxygen atoms in total. The van der Waals surface area contributed by atoms with E-state index in [9.17, 15) is 4.79 Å². The molecule has 0 fully saturated rings. The van der Waals surface area contributed by atoms with E-state index in [1.807, 2.05) is 31.5 Å². The van der Waals surface area contributed by atoms with Crippen molar-refractivity contribution in [3.8, 4) is 0 Å². The van der Waals surface area contributed by atoms with Crippen LogP contribution in [0.2, 0.25) is 0 Å². The number of furan rings is 1. The molecule has 18 heavy (non-hydrogen) atoms. The molecule has 1 amide bonds. The van der Waals surface area contributed by atoms with Gasteiger partial charge in [0.1, 0.15) is 5.76 Å². The average Bonchev–Trinajstić information content (AvgIpc) is 3.06. The SMILES string of the molecule is CC(c1ccco1)N(C)C(=O)CCc1ccsc1. The summed E-state index contributed by atoms with van der Waals surface area (Å²) in [5.41, 5.74) is 1.23. The summed E-state index contributed by atoms with van der Waals surface area (Å²) in [6.07, 6.45) is 2.98. The third-order valence-corrected chi connectivity index (χ3v) is 3.87. The van der Waals surface area contributed by atoms with E-state index in [4.69, 9.17) is 4.42 Å². The fourth-order valence-electron chi connectivity index (χ4n) is 1.80. The molecule has 1 unspecified atom stereocenters. The van der Waals surface area contributed by atoms with Gasteiger partial charge >= 0.3 is 0 Å². The molecule has 4 heteroatoms. The van der Waals surface area contributed by atoms with Gasteiger partial charge in [0.2, 0.25) is 5.91 Å². The normalized spacial score (nSPS) is 12.3. The van der Waals surface area contributed by atoms with Crippen LogP contribution in [0.3, 0.4) is 0 Å². The van der Waals surface area contributed by atoms with Crippen molar-refractivity contribution in [2.24, 2.45) is 0 Å². The molecule has 0 bridgehead atoms.